The number of rotatable bonds is 4. The second-order valence-electron chi connectivity index (χ2n) is 7.19. The minimum atomic E-state index is -0.326. The van der Waals surface area contributed by atoms with Crippen molar-refractivity contribution in [3.63, 3.8) is 0 Å². The smallest absolute Gasteiger partial charge is 0.262 e. The van der Waals surface area contributed by atoms with E-state index in [4.69, 9.17) is 4.74 Å². The standard InChI is InChI=1S/C23H17FN4O3/c24-16-4-2-1-3-13(16)10-21-26-17-7-6-15(11-18(17)27-21)25-23(30)14-5-8-20-19(9-14)28-22(29)12-31-20/h1-9,11H,10,12H2,(H,25,30)(H,26,27)(H,28,29). The molecule has 1 aliphatic rings. The average molecular weight is 416 g/mol. The highest BCUT2D eigenvalue weighted by Crippen LogP contribution is 2.29. The van der Waals surface area contributed by atoms with Crippen molar-refractivity contribution in [1.29, 1.82) is 0 Å². The van der Waals surface area contributed by atoms with Crippen LogP contribution in [0, 0.1) is 5.82 Å². The van der Waals surface area contributed by atoms with Crippen LogP contribution in [0.3, 0.4) is 0 Å². The van der Waals surface area contributed by atoms with Gasteiger partial charge in [0.1, 0.15) is 17.4 Å². The lowest BCUT2D eigenvalue weighted by Gasteiger charge is -2.18. The highest BCUT2D eigenvalue weighted by Gasteiger charge is 2.18. The summed E-state index contributed by atoms with van der Waals surface area (Å²) in [6, 6.07) is 16.7. The predicted molar refractivity (Wildman–Crippen MR) is 114 cm³/mol. The fraction of sp³-hybridized carbons (Fsp3) is 0.0870. The molecule has 0 atom stereocenters. The average Bonchev–Trinajstić information content (AvgIpc) is 3.16. The van der Waals surface area contributed by atoms with E-state index in [1.807, 2.05) is 0 Å². The van der Waals surface area contributed by atoms with Gasteiger partial charge >= 0.3 is 0 Å². The third-order valence-electron chi connectivity index (χ3n) is 4.98. The molecule has 0 unspecified atom stereocenters. The Labute approximate surface area is 176 Å². The lowest BCUT2D eigenvalue weighted by atomic mass is 10.1. The number of anilines is 2. The molecule has 0 saturated carbocycles. The van der Waals surface area contributed by atoms with E-state index >= 15 is 0 Å². The maximum absolute atomic E-state index is 13.9. The number of benzene rings is 3. The number of hydrogen-bond donors (Lipinski definition) is 3. The van der Waals surface area contributed by atoms with E-state index in [0.717, 1.165) is 11.0 Å². The minimum absolute atomic E-state index is 0.0400. The van der Waals surface area contributed by atoms with Gasteiger partial charge in [-0.1, -0.05) is 18.2 Å². The molecule has 5 rings (SSSR count). The van der Waals surface area contributed by atoms with Crippen LogP contribution in [0.25, 0.3) is 11.0 Å². The van der Waals surface area contributed by atoms with Crippen LogP contribution in [-0.2, 0) is 11.2 Å². The van der Waals surface area contributed by atoms with Crippen LogP contribution in [0.2, 0.25) is 0 Å². The van der Waals surface area contributed by atoms with Crippen molar-refractivity contribution in [2.75, 3.05) is 17.2 Å². The van der Waals surface area contributed by atoms with Crippen molar-refractivity contribution in [3.8, 4) is 5.75 Å². The van der Waals surface area contributed by atoms with Gasteiger partial charge in [-0.05, 0) is 48.0 Å². The largest absolute Gasteiger partial charge is 0.482 e. The van der Waals surface area contributed by atoms with Gasteiger partial charge in [-0.15, -0.1) is 0 Å². The molecule has 31 heavy (non-hydrogen) atoms. The van der Waals surface area contributed by atoms with E-state index < -0.39 is 0 Å². The number of nitrogens with one attached hydrogen (secondary N) is 3. The SMILES string of the molecule is O=C1COc2ccc(C(=O)Nc3ccc4nc(Cc5ccccc5F)[nH]c4c3)cc2N1. The van der Waals surface area contributed by atoms with Gasteiger partial charge in [-0.2, -0.15) is 0 Å². The van der Waals surface area contributed by atoms with Gasteiger partial charge in [-0.25, -0.2) is 9.37 Å². The Balaban J connectivity index is 1.35. The van der Waals surface area contributed by atoms with Crippen molar-refractivity contribution in [2.45, 2.75) is 6.42 Å². The molecule has 4 aromatic rings. The number of halogens is 1. The number of amides is 2. The molecule has 3 aromatic carbocycles. The maximum Gasteiger partial charge on any atom is 0.262 e. The topological polar surface area (TPSA) is 96.1 Å². The molecule has 8 heteroatoms. The normalized spacial score (nSPS) is 12.7. The van der Waals surface area contributed by atoms with Gasteiger partial charge in [-0.3, -0.25) is 9.59 Å². The number of aromatic amines is 1. The van der Waals surface area contributed by atoms with Crippen molar-refractivity contribution in [1.82, 2.24) is 9.97 Å². The number of hydrogen-bond acceptors (Lipinski definition) is 4. The first-order valence-electron chi connectivity index (χ1n) is 9.65. The Hall–Kier alpha value is -4.20. The van der Waals surface area contributed by atoms with Crippen molar-refractivity contribution >= 4 is 34.2 Å². The Morgan fingerprint density at radius 1 is 1.13 bits per heavy atom. The van der Waals surface area contributed by atoms with Gasteiger partial charge in [0.05, 0.1) is 16.7 Å². The Morgan fingerprint density at radius 2 is 2.00 bits per heavy atom. The molecule has 0 saturated heterocycles. The van der Waals surface area contributed by atoms with Crippen LogP contribution < -0.4 is 15.4 Å². The quantitative estimate of drug-likeness (QED) is 0.471. The zero-order valence-electron chi connectivity index (χ0n) is 16.2. The van der Waals surface area contributed by atoms with Gasteiger partial charge in [0.2, 0.25) is 0 Å². The third-order valence-corrected chi connectivity index (χ3v) is 4.98. The number of carbonyl (C=O) groups is 2. The fourth-order valence-corrected chi connectivity index (χ4v) is 3.47. The predicted octanol–water partition coefficient (Wildman–Crippen LogP) is 3.88. The summed E-state index contributed by atoms with van der Waals surface area (Å²) in [5, 5.41) is 5.52. The highest BCUT2D eigenvalue weighted by atomic mass is 19.1. The number of aromatic nitrogens is 2. The van der Waals surface area contributed by atoms with Crippen LogP contribution >= 0.6 is 0 Å². The van der Waals surface area contributed by atoms with Gasteiger partial charge in [0.25, 0.3) is 11.8 Å². The Morgan fingerprint density at radius 3 is 2.87 bits per heavy atom. The van der Waals surface area contributed by atoms with Crippen LogP contribution in [0.1, 0.15) is 21.7 Å². The number of fused-ring (bicyclic) bond motifs is 2. The third kappa shape index (κ3) is 3.83. The first-order chi connectivity index (χ1) is 15.0. The summed E-state index contributed by atoms with van der Waals surface area (Å²) in [4.78, 5) is 31.8. The summed E-state index contributed by atoms with van der Waals surface area (Å²) in [5.74, 6) is 0.294. The van der Waals surface area contributed by atoms with Crippen LogP contribution in [0.5, 0.6) is 5.75 Å². The summed E-state index contributed by atoms with van der Waals surface area (Å²) < 4.78 is 19.2. The van der Waals surface area contributed by atoms with E-state index in [1.54, 1.807) is 54.6 Å². The molecule has 154 valence electrons. The second-order valence-corrected chi connectivity index (χ2v) is 7.19. The van der Waals surface area contributed by atoms with Crippen molar-refractivity contribution in [3.05, 3.63) is 83.4 Å². The zero-order chi connectivity index (χ0) is 21.4. The summed E-state index contributed by atoms with van der Waals surface area (Å²) in [6.07, 6.45) is 0.339. The van der Waals surface area contributed by atoms with E-state index in [0.29, 0.717) is 40.5 Å². The molecule has 2 amide bonds. The van der Waals surface area contributed by atoms with Gasteiger partial charge in [0.15, 0.2) is 6.61 Å². The van der Waals surface area contributed by atoms with E-state index in [9.17, 15) is 14.0 Å². The first-order valence-corrected chi connectivity index (χ1v) is 9.65. The van der Waals surface area contributed by atoms with Crippen LogP contribution in [0.15, 0.2) is 60.7 Å². The first kappa shape index (κ1) is 18.8. The monoisotopic (exact) mass is 416 g/mol. The van der Waals surface area contributed by atoms with Crippen LogP contribution in [-0.4, -0.2) is 28.4 Å². The van der Waals surface area contributed by atoms with E-state index in [2.05, 4.69) is 20.6 Å². The van der Waals surface area contributed by atoms with Crippen LogP contribution in [0.4, 0.5) is 15.8 Å². The van der Waals surface area contributed by atoms with Gasteiger partial charge < -0.3 is 20.4 Å². The number of imidazole rings is 1. The van der Waals surface area contributed by atoms with Gasteiger partial charge in [0, 0.05) is 17.7 Å². The molecule has 0 fully saturated rings. The fourth-order valence-electron chi connectivity index (χ4n) is 3.47. The number of ether oxygens (including phenoxy) is 1. The lowest BCUT2D eigenvalue weighted by Crippen LogP contribution is -2.25. The molecule has 7 nitrogen and oxygen atoms in total. The summed E-state index contributed by atoms with van der Waals surface area (Å²) in [6.45, 7) is -0.0400. The summed E-state index contributed by atoms with van der Waals surface area (Å²) in [5.41, 5.74) is 3.43. The molecule has 1 aliphatic heterocycles. The maximum atomic E-state index is 13.9. The zero-order valence-corrected chi connectivity index (χ0v) is 16.2. The highest BCUT2D eigenvalue weighted by molar-refractivity contribution is 6.06. The summed E-state index contributed by atoms with van der Waals surface area (Å²) in [7, 11) is 0. The molecule has 0 bridgehead atoms. The molecular weight excluding hydrogens is 399 g/mol. The number of nitrogens with zero attached hydrogens (tertiary/aromatic N) is 1. The molecular formula is C23H17FN4O3. The molecule has 3 N–H and O–H groups in total. The number of carbonyl (C=O) groups excluding carboxylic acids is 2. The summed E-state index contributed by atoms with van der Waals surface area (Å²) >= 11 is 0. The van der Waals surface area contributed by atoms with Crippen molar-refractivity contribution < 1.29 is 18.7 Å². The lowest BCUT2D eigenvalue weighted by molar-refractivity contribution is -0.118. The van der Waals surface area contributed by atoms with E-state index in [1.165, 1.54) is 6.07 Å². The molecule has 2 heterocycles. The second kappa shape index (κ2) is 7.56. The number of H-pyrrole nitrogens is 1. The molecule has 0 radical (unpaired) electrons. The molecule has 0 aliphatic carbocycles. The minimum Gasteiger partial charge on any atom is -0.482 e. The van der Waals surface area contributed by atoms with E-state index in [-0.39, 0.29) is 24.2 Å². The van der Waals surface area contributed by atoms with Crippen molar-refractivity contribution in [2.24, 2.45) is 0 Å². The molecule has 0 spiro atoms. The Bertz CT molecular complexity index is 1330. The Kier molecular flexibility index (Phi) is 4.59. The molecule has 1 aromatic heterocycles.